The summed E-state index contributed by atoms with van der Waals surface area (Å²) in [5.41, 5.74) is 4.07. The van der Waals surface area contributed by atoms with Crippen molar-refractivity contribution in [2.45, 2.75) is 19.5 Å². The Bertz CT molecular complexity index is 1280. The third kappa shape index (κ3) is 3.96. The molecule has 33 heavy (non-hydrogen) atoms. The molecule has 0 saturated carbocycles. The first-order valence-corrected chi connectivity index (χ1v) is 11.0. The molecule has 0 saturated heterocycles. The van der Waals surface area contributed by atoms with E-state index in [9.17, 15) is 9.18 Å². The number of aromatic nitrogens is 1. The first kappa shape index (κ1) is 20.8. The highest BCUT2D eigenvalue weighted by Crippen LogP contribution is 2.37. The Kier molecular flexibility index (Phi) is 5.57. The van der Waals surface area contributed by atoms with Crippen molar-refractivity contribution in [2.24, 2.45) is 0 Å². The predicted octanol–water partition coefficient (Wildman–Crippen LogP) is 6.15. The van der Waals surface area contributed by atoms with Crippen molar-refractivity contribution in [3.8, 4) is 11.4 Å². The molecule has 0 radical (unpaired) electrons. The fraction of sp³-hybridized carbons (Fsp3) is 0.148. The molecule has 6 heteroatoms. The van der Waals surface area contributed by atoms with Gasteiger partial charge in [0.15, 0.2) is 0 Å². The standard InChI is InChI=1S/C27H24FN3O2/c1-2-33-21-15-13-19(14-16-21)26-25-12-7-17-30(25)24-11-6-3-8-20(24)18-31(26)27(32)29-23-10-5-4-9-22(23)28/h3-17,26H,2,18H2,1H3,(H,29,32)/t26-/m1/s1. The number of ether oxygens (including phenoxy) is 1. The lowest BCUT2D eigenvalue weighted by molar-refractivity contribution is 0.194. The largest absolute Gasteiger partial charge is 0.494 e. The van der Waals surface area contributed by atoms with E-state index in [4.69, 9.17) is 4.74 Å². The second-order valence-electron chi connectivity index (χ2n) is 7.87. The van der Waals surface area contributed by atoms with Crippen LogP contribution in [0.3, 0.4) is 0 Å². The molecule has 1 aliphatic heterocycles. The number of nitrogens with zero attached hydrogens (tertiary/aromatic N) is 2. The van der Waals surface area contributed by atoms with E-state index in [-0.39, 0.29) is 17.8 Å². The predicted molar refractivity (Wildman–Crippen MR) is 126 cm³/mol. The molecule has 2 amide bonds. The molecule has 0 fully saturated rings. The Morgan fingerprint density at radius 2 is 1.76 bits per heavy atom. The van der Waals surface area contributed by atoms with Crippen LogP contribution in [0.2, 0.25) is 0 Å². The van der Waals surface area contributed by atoms with Crippen LogP contribution in [0.25, 0.3) is 5.69 Å². The summed E-state index contributed by atoms with van der Waals surface area (Å²) >= 11 is 0. The quantitative estimate of drug-likeness (QED) is 0.413. The minimum absolute atomic E-state index is 0.154. The lowest BCUT2D eigenvalue weighted by Crippen LogP contribution is -2.38. The first-order chi connectivity index (χ1) is 16.2. The highest BCUT2D eigenvalue weighted by atomic mass is 19.1. The molecule has 0 spiro atoms. The van der Waals surface area contributed by atoms with Gasteiger partial charge in [-0.25, -0.2) is 9.18 Å². The number of benzene rings is 3. The Morgan fingerprint density at radius 1 is 1.00 bits per heavy atom. The van der Waals surface area contributed by atoms with Crippen LogP contribution in [0, 0.1) is 5.82 Å². The number of amides is 2. The minimum Gasteiger partial charge on any atom is -0.494 e. The molecule has 0 aliphatic carbocycles. The third-order valence-electron chi connectivity index (χ3n) is 5.85. The van der Waals surface area contributed by atoms with Gasteiger partial charge in [-0.3, -0.25) is 0 Å². The molecule has 5 nitrogen and oxygen atoms in total. The van der Waals surface area contributed by atoms with Crippen LogP contribution in [0.1, 0.15) is 29.8 Å². The minimum atomic E-state index is -0.470. The van der Waals surface area contributed by atoms with Gasteiger partial charge in [-0.2, -0.15) is 0 Å². The Morgan fingerprint density at radius 3 is 2.55 bits per heavy atom. The normalized spacial score (nSPS) is 14.7. The van der Waals surface area contributed by atoms with Gasteiger partial charge in [0.25, 0.3) is 0 Å². The summed E-state index contributed by atoms with van der Waals surface area (Å²) in [6.07, 6.45) is 2.01. The average molecular weight is 442 g/mol. The molecule has 1 aliphatic rings. The summed E-state index contributed by atoms with van der Waals surface area (Å²) in [4.78, 5) is 15.3. The molecular weight excluding hydrogens is 417 g/mol. The summed E-state index contributed by atoms with van der Waals surface area (Å²) in [6, 6.07) is 25.2. The fourth-order valence-corrected chi connectivity index (χ4v) is 4.35. The number of carbonyl (C=O) groups is 1. The molecular formula is C27H24FN3O2. The van der Waals surface area contributed by atoms with E-state index >= 15 is 0 Å². The number of halogens is 1. The maximum absolute atomic E-state index is 14.3. The molecule has 166 valence electrons. The Labute approximate surface area is 192 Å². The van der Waals surface area contributed by atoms with E-state index in [1.807, 2.05) is 73.8 Å². The lowest BCUT2D eigenvalue weighted by atomic mass is 10.0. The van der Waals surface area contributed by atoms with E-state index in [2.05, 4.69) is 9.88 Å². The number of para-hydroxylation sites is 2. The molecule has 0 bridgehead atoms. The number of urea groups is 1. The van der Waals surface area contributed by atoms with Crippen LogP contribution in [0.5, 0.6) is 5.75 Å². The molecule has 3 aromatic carbocycles. The van der Waals surface area contributed by atoms with Gasteiger partial charge in [0.05, 0.1) is 30.6 Å². The van der Waals surface area contributed by atoms with Crippen molar-refractivity contribution in [3.05, 3.63) is 114 Å². The van der Waals surface area contributed by atoms with Crippen LogP contribution >= 0.6 is 0 Å². The zero-order valence-corrected chi connectivity index (χ0v) is 18.2. The molecule has 1 atom stereocenters. The van der Waals surface area contributed by atoms with Gasteiger partial charge >= 0.3 is 6.03 Å². The molecule has 0 unspecified atom stereocenters. The number of nitrogens with one attached hydrogen (secondary N) is 1. The van der Waals surface area contributed by atoms with Crippen molar-refractivity contribution in [2.75, 3.05) is 11.9 Å². The van der Waals surface area contributed by atoms with Crippen molar-refractivity contribution in [1.82, 2.24) is 9.47 Å². The van der Waals surface area contributed by atoms with Crippen LogP contribution in [0.15, 0.2) is 91.1 Å². The summed E-state index contributed by atoms with van der Waals surface area (Å²) in [6.45, 7) is 2.90. The highest BCUT2D eigenvalue weighted by Gasteiger charge is 2.33. The fourth-order valence-electron chi connectivity index (χ4n) is 4.35. The van der Waals surface area contributed by atoms with Gasteiger partial charge in [0, 0.05) is 11.9 Å². The Balaban J connectivity index is 1.61. The van der Waals surface area contributed by atoms with Crippen molar-refractivity contribution >= 4 is 11.7 Å². The average Bonchev–Trinajstić information content (AvgIpc) is 3.26. The highest BCUT2D eigenvalue weighted by molar-refractivity contribution is 5.90. The summed E-state index contributed by atoms with van der Waals surface area (Å²) in [5, 5.41) is 2.77. The van der Waals surface area contributed by atoms with E-state index in [1.54, 1.807) is 23.1 Å². The van der Waals surface area contributed by atoms with Crippen LogP contribution < -0.4 is 10.1 Å². The topological polar surface area (TPSA) is 46.5 Å². The van der Waals surface area contributed by atoms with Gasteiger partial charge in [0.1, 0.15) is 11.6 Å². The second kappa shape index (κ2) is 8.82. The van der Waals surface area contributed by atoms with Crippen molar-refractivity contribution < 1.29 is 13.9 Å². The van der Waals surface area contributed by atoms with Crippen LogP contribution in [0.4, 0.5) is 14.9 Å². The van der Waals surface area contributed by atoms with E-state index in [1.165, 1.54) is 6.07 Å². The van der Waals surface area contributed by atoms with Crippen LogP contribution in [-0.2, 0) is 6.54 Å². The number of hydrogen-bond donors (Lipinski definition) is 1. The van der Waals surface area contributed by atoms with Crippen molar-refractivity contribution in [3.63, 3.8) is 0 Å². The van der Waals surface area contributed by atoms with Gasteiger partial charge < -0.3 is 19.5 Å². The number of rotatable bonds is 4. The SMILES string of the molecule is CCOc1ccc([C@@H]2c3cccn3-c3ccccc3CN2C(=O)Nc2ccccc2F)cc1. The van der Waals surface area contributed by atoms with E-state index < -0.39 is 5.82 Å². The molecule has 2 heterocycles. The van der Waals surface area contributed by atoms with Gasteiger partial charge in [-0.1, -0.05) is 42.5 Å². The summed E-state index contributed by atoms with van der Waals surface area (Å²) in [7, 11) is 0. The first-order valence-electron chi connectivity index (χ1n) is 11.0. The smallest absolute Gasteiger partial charge is 0.323 e. The summed E-state index contributed by atoms with van der Waals surface area (Å²) in [5.74, 6) is 0.304. The lowest BCUT2D eigenvalue weighted by Gasteiger charge is -2.31. The molecule has 4 aromatic rings. The van der Waals surface area contributed by atoms with Gasteiger partial charge in [-0.05, 0) is 60.5 Å². The maximum Gasteiger partial charge on any atom is 0.323 e. The van der Waals surface area contributed by atoms with Crippen molar-refractivity contribution in [1.29, 1.82) is 0 Å². The number of carbonyl (C=O) groups excluding carboxylic acids is 1. The monoisotopic (exact) mass is 441 g/mol. The van der Waals surface area contributed by atoms with Crippen LogP contribution in [-0.4, -0.2) is 22.1 Å². The number of anilines is 1. The number of hydrogen-bond acceptors (Lipinski definition) is 2. The molecule has 1 aromatic heterocycles. The number of fused-ring (bicyclic) bond motifs is 3. The summed E-state index contributed by atoms with van der Waals surface area (Å²) < 4.78 is 22.0. The van der Waals surface area contributed by atoms with Gasteiger partial charge in [0.2, 0.25) is 0 Å². The molecule has 5 rings (SSSR count). The maximum atomic E-state index is 14.3. The third-order valence-corrected chi connectivity index (χ3v) is 5.85. The van der Waals surface area contributed by atoms with E-state index in [0.717, 1.165) is 28.3 Å². The zero-order valence-electron chi connectivity index (χ0n) is 18.2. The van der Waals surface area contributed by atoms with E-state index in [0.29, 0.717) is 13.2 Å². The van der Waals surface area contributed by atoms with Gasteiger partial charge in [-0.15, -0.1) is 0 Å². The zero-order chi connectivity index (χ0) is 22.8. The Hall–Kier alpha value is -4.06. The molecule has 1 N–H and O–H groups in total. The second-order valence-corrected chi connectivity index (χ2v) is 7.87.